The summed E-state index contributed by atoms with van der Waals surface area (Å²) in [7, 11) is 0. The van der Waals surface area contributed by atoms with Crippen LogP contribution in [0.4, 0.5) is 5.69 Å². The second-order valence-corrected chi connectivity index (χ2v) is 5.50. The third-order valence-electron chi connectivity index (χ3n) is 4.33. The van der Waals surface area contributed by atoms with Crippen LogP contribution in [0.25, 0.3) is 0 Å². The highest BCUT2D eigenvalue weighted by Gasteiger charge is 2.20. The Bertz CT molecular complexity index is 397. The van der Waals surface area contributed by atoms with Crippen LogP contribution in [0, 0.1) is 0 Å². The number of hydrogen-bond donors (Lipinski definition) is 1. The molecule has 1 aromatic rings. The largest absolute Gasteiger partial charge is 0.369 e. The molecule has 0 radical (unpaired) electrons. The highest BCUT2D eigenvalue weighted by atomic mass is 15.3. The fourth-order valence-electron chi connectivity index (χ4n) is 3.10. The minimum absolute atomic E-state index is 0.473. The Morgan fingerprint density at radius 3 is 2.35 bits per heavy atom. The zero-order valence-corrected chi connectivity index (χ0v) is 13.2. The predicted molar refractivity (Wildman–Crippen MR) is 87.5 cm³/mol. The van der Waals surface area contributed by atoms with Gasteiger partial charge in [0.2, 0.25) is 0 Å². The summed E-state index contributed by atoms with van der Waals surface area (Å²) in [4.78, 5) is 5.09. The zero-order chi connectivity index (χ0) is 14.4. The van der Waals surface area contributed by atoms with Gasteiger partial charge in [0.25, 0.3) is 0 Å². The van der Waals surface area contributed by atoms with E-state index in [4.69, 9.17) is 0 Å². The van der Waals surface area contributed by atoms with Gasteiger partial charge in [0.15, 0.2) is 0 Å². The molecule has 0 amide bonds. The summed E-state index contributed by atoms with van der Waals surface area (Å²) in [5.74, 6) is 0. The molecule has 1 saturated heterocycles. The molecule has 0 bridgehead atoms. The van der Waals surface area contributed by atoms with Gasteiger partial charge in [0.1, 0.15) is 0 Å². The van der Waals surface area contributed by atoms with E-state index in [1.807, 2.05) is 0 Å². The van der Waals surface area contributed by atoms with Crippen molar-refractivity contribution >= 4 is 5.69 Å². The molecule has 0 spiro atoms. The average molecular weight is 275 g/mol. The van der Waals surface area contributed by atoms with E-state index in [0.717, 1.165) is 26.1 Å². The fraction of sp³-hybridized carbons (Fsp3) is 0.647. The summed E-state index contributed by atoms with van der Waals surface area (Å²) in [6.45, 7) is 13.6. The number of piperazine rings is 1. The van der Waals surface area contributed by atoms with Gasteiger partial charge in [-0.25, -0.2) is 0 Å². The smallest absolute Gasteiger partial charge is 0.0415 e. The van der Waals surface area contributed by atoms with Crippen molar-refractivity contribution in [2.24, 2.45) is 0 Å². The topological polar surface area (TPSA) is 18.5 Å². The Morgan fingerprint density at radius 2 is 1.75 bits per heavy atom. The van der Waals surface area contributed by atoms with Crippen molar-refractivity contribution in [2.75, 3.05) is 44.2 Å². The van der Waals surface area contributed by atoms with Gasteiger partial charge >= 0.3 is 0 Å². The number of hydrogen-bond acceptors (Lipinski definition) is 3. The Kier molecular flexibility index (Phi) is 5.86. The van der Waals surface area contributed by atoms with E-state index in [0.29, 0.717) is 6.04 Å². The maximum absolute atomic E-state index is 3.61. The lowest BCUT2D eigenvalue weighted by molar-refractivity contribution is 0.271. The minimum atomic E-state index is 0.473. The van der Waals surface area contributed by atoms with Crippen LogP contribution in [-0.4, -0.2) is 44.2 Å². The van der Waals surface area contributed by atoms with Gasteiger partial charge in [-0.15, -0.1) is 0 Å². The number of likely N-dealkylation sites (N-methyl/N-ethyl adjacent to an activating group) is 1. The maximum atomic E-state index is 3.61. The van der Waals surface area contributed by atoms with Gasteiger partial charge in [-0.3, -0.25) is 0 Å². The molecular weight excluding hydrogens is 246 g/mol. The first kappa shape index (κ1) is 15.3. The standard InChI is InChI=1S/C17H29N3/c1-4-16(18-5-2)15-9-7-8-10-17(15)20-13-11-19(6-3)12-14-20/h7-10,16,18H,4-6,11-14H2,1-3H3. The number of rotatable bonds is 6. The van der Waals surface area contributed by atoms with Crippen molar-refractivity contribution in [2.45, 2.75) is 33.2 Å². The molecule has 20 heavy (non-hydrogen) atoms. The predicted octanol–water partition coefficient (Wildman–Crippen LogP) is 2.89. The van der Waals surface area contributed by atoms with Gasteiger partial charge in [-0.05, 0) is 31.1 Å². The van der Waals surface area contributed by atoms with Crippen LogP contribution in [0.15, 0.2) is 24.3 Å². The Balaban J connectivity index is 2.15. The first-order valence-corrected chi connectivity index (χ1v) is 8.09. The van der Waals surface area contributed by atoms with Crippen LogP contribution in [-0.2, 0) is 0 Å². The van der Waals surface area contributed by atoms with Crippen molar-refractivity contribution < 1.29 is 0 Å². The number of anilines is 1. The molecule has 1 atom stereocenters. The summed E-state index contributed by atoms with van der Waals surface area (Å²) < 4.78 is 0. The summed E-state index contributed by atoms with van der Waals surface area (Å²) >= 11 is 0. The van der Waals surface area contributed by atoms with E-state index >= 15 is 0 Å². The molecule has 1 unspecified atom stereocenters. The molecule has 3 heteroatoms. The molecule has 2 rings (SSSR count). The molecule has 1 fully saturated rings. The molecule has 0 aromatic heterocycles. The van der Waals surface area contributed by atoms with Gasteiger partial charge in [0.05, 0.1) is 0 Å². The van der Waals surface area contributed by atoms with Crippen LogP contribution < -0.4 is 10.2 Å². The van der Waals surface area contributed by atoms with Gasteiger partial charge in [-0.2, -0.15) is 0 Å². The third kappa shape index (κ3) is 3.53. The van der Waals surface area contributed by atoms with E-state index < -0.39 is 0 Å². The third-order valence-corrected chi connectivity index (χ3v) is 4.33. The summed E-state index contributed by atoms with van der Waals surface area (Å²) in [6, 6.07) is 9.39. The van der Waals surface area contributed by atoms with E-state index in [2.05, 4.69) is 60.2 Å². The number of nitrogens with one attached hydrogen (secondary N) is 1. The lowest BCUT2D eigenvalue weighted by atomic mass is 10.0. The highest BCUT2D eigenvalue weighted by molar-refractivity contribution is 5.55. The second kappa shape index (κ2) is 7.65. The fourth-order valence-corrected chi connectivity index (χ4v) is 3.10. The van der Waals surface area contributed by atoms with E-state index in [-0.39, 0.29) is 0 Å². The Morgan fingerprint density at radius 1 is 1.05 bits per heavy atom. The van der Waals surface area contributed by atoms with E-state index in [9.17, 15) is 0 Å². The maximum Gasteiger partial charge on any atom is 0.0415 e. The van der Waals surface area contributed by atoms with Gasteiger partial charge in [-0.1, -0.05) is 39.0 Å². The molecule has 1 N–H and O–H groups in total. The first-order chi connectivity index (χ1) is 9.80. The average Bonchev–Trinajstić information content (AvgIpc) is 2.53. The molecule has 112 valence electrons. The molecule has 1 aliphatic heterocycles. The molecule has 0 aliphatic carbocycles. The van der Waals surface area contributed by atoms with Crippen LogP contribution in [0.2, 0.25) is 0 Å². The minimum Gasteiger partial charge on any atom is -0.369 e. The SMILES string of the molecule is CCNC(CC)c1ccccc1N1CCN(CC)CC1. The zero-order valence-electron chi connectivity index (χ0n) is 13.2. The van der Waals surface area contributed by atoms with Crippen molar-refractivity contribution in [1.82, 2.24) is 10.2 Å². The van der Waals surface area contributed by atoms with Crippen LogP contribution >= 0.6 is 0 Å². The molecule has 0 saturated carbocycles. The van der Waals surface area contributed by atoms with Crippen LogP contribution in [0.3, 0.4) is 0 Å². The normalized spacial score (nSPS) is 18.2. The van der Waals surface area contributed by atoms with Crippen molar-refractivity contribution in [3.8, 4) is 0 Å². The van der Waals surface area contributed by atoms with Crippen molar-refractivity contribution in [1.29, 1.82) is 0 Å². The molecular formula is C17H29N3. The molecule has 1 aliphatic rings. The monoisotopic (exact) mass is 275 g/mol. The number of nitrogens with zero attached hydrogens (tertiary/aromatic N) is 2. The lowest BCUT2D eigenvalue weighted by Gasteiger charge is -2.37. The molecule has 1 heterocycles. The van der Waals surface area contributed by atoms with E-state index in [1.165, 1.54) is 30.9 Å². The quantitative estimate of drug-likeness (QED) is 0.861. The van der Waals surface area contributed by atoms with E-state index in [1.54, 1.807) is 0 Å². The lowest BCUT2D eigenvalue weighted by Crippen LogP contribution is -2.46. The summed E-state index contributed by atoms with van der Waals surface area (Å²) in [6.07, 6.45) is 1.14. The number of benzene rings is 1. The first-order valence-electron chi connectivity index (χ1n) is 8.09. The van der Waals surface area contributed by atoms with Gasteiger partial charge in [0, 0.05) is 37.9 Å². The van der Waals surface area contributed by atoms with Crippen LogP contribution in [0.5, 0.6) is 0 Å². The highest BCUT2D eigenvalue weighted by Crippen LogP contribution is 2.28. The summed E-state index contributed by atoms with van der Waals surface area (Å²) in [5.41, 5.74) is 2.89. The molecule has 1 aromatic carbocycles. The number of para-hydroxylation sites is 1. The van der Waals surface area contributed by atoms with Crippen molar-refractivity contribution in [3.63, 3.8) is 0 Å². The van der Waals surface area contributed by atoms with Gasteiger partial charge < -0.3 is 15.1 Å². The van der Waals surface area contributed by atoms with Crippen LogP contribution in [0.1, 0.15) is 38.8 Å². The Labute approximate surface area is 124 Å². The summed E-state index contributed by atoms with van der Waals surface area (Å²) in [5, 5.41) is 3.61. The van der Waals surface area contributed by atoms with Crippen molar-refractivity contribution in [3.05, 3.63) is 29.8 Å². The second-order valence-electron chi connectivity index (χ2n) is 5.50. The molecule has 3 nitrogen and oxygen atoms in total. The Hall–Kier alpha value is -1.06.